The van der Waals surface area contributed by atoms with E-state index >= 15 is 0 Å². The molecule has 0 aliphatic heterocycles. The number of benzene rings is 1. The summed E-state index contributed by atoms with van der Waals surface area (Å²) in [6.45, 7) is 6.90. The molecule has 2 rings (SSSR count). The Balaban J connectivity index is 1.86. The molecule has 0 aliphatic carbocycles. The van der Waals surface area contributed by atoms with Gasteiger partial charge < -0.3 is 10.6 Å². The smallest absolute Gasteiger partial charge is 0.191 e. The van der Waals surface area contributed by atoms with Crippen molar-refractivity contribution in [2.45, 2.75) is 39.7 Å². The Labute approximate surface area is 159 Å². The number of nitrogens with one attached hydrogen (secondary N) is 2. The molecule has 1 unspecified atom stereocenters. The molecule has 142 valence electrons. The molecule has 0 amide bonds. The first-order valence-corrected chi connectivity index (χ1v) is 9.09. The van der Waals surface area contributed by atoms with Gasteiger partial charge >= 0.3 is 0 Å². The van der Waals surface area contributed by atoms with E-state index in [0.29, 0.717) is 18.0 Å². The Kier molecular flexibility index (Phi) is 7.03. The van der Waals surface area contributed by atoms with Crippen LogP contribution in [0.5, 0.6) is 0 Å². The largest absolute Gasteiger partial charge is 0.356 e. The second kappa shape index (κ2) is 9.03. The van der Waals surface area contributed by atoms with Gasteiger partial charge in [0.15, 0.2) is 5.96 Å². The van der Waals surface area contributed by atoms with Gasteiger partial charge in [0.05, 0.1) is 5.69 Å². The number of guanidine groups is 1. The lowest BCUT2D eigenvalue weighted by atomic mass is 10.1. The molecule has 2 N–H and O–H groups in total. The third-order valence-corrected chi connectivity index (χ3v) is 4.83. The van der Waals surface area contributed by atoms with Crippen molar-refractivity contribution >= 4 is 17.6 Å². The molecular weight excluding hydrogens is 353 g/mol. The van der Waals surface area contributed by atoms with E-state index in [1.807, 2.05) is 18.7 Å². The van der Waals surface area contributed by atoms with Gasteiger partial charge in [-0.3, -0.25) is 9.67 Å². The number of hydrogen-bond acceptors (Lipinski definition) is 2. The van der Waals surface area contributed by atoms with Gasteiger partial charge in [-0.15, -0.1) is 0 Å². The Hall–Kier alpha value is -2.08. The lowest BCUT2D eigenvalue weighted by Gasteiger charge is -2.18. The lowest BCUT2D eigenvalue weighted by molar-refractivity contribution is 0.626. The van der Waals surface area contributed by atoms with E-state index in [1.54, 1.807) is 13.1 Å². The van der Waals surface area contributed by atoms with E-state index in [2.05, 4.69) is 34.6 Å². The molecule has 1 atom stereocenters. The summed E-state index contributed by atoms with van der Waals surface area (Å²) in [6.07, 6.45) is 1.56. The van der Waals surface area contributed by atoms with E-state index < -0.39 is 0 Å². The van der Waals surface area contributed by atoms with Crippen LogP contribution in [0.3, 0.4) is 0 Å². The van der Waals surface area contributed by atoms with Crippen LogP contribution in [0, 0.1) is 19.7 Å². The minimum atomic E-state index is -0.320. The fourth-order valence-electron chi connectivity index (χ4n) is 2.94. The summed E-state index contributed by atoms with van der Waals surface area (Å²) in [7, 11) is 3.71. The summed E-state index contributed by atoms with van der Waals surface area (Å²) in [5.41, 5.74) is 4.42. The van der Waals surface area contributed by atoms with Crippen LogP contribution in [-0.4, -0.2) is 35.4 Å². The highest BCUT2D eigenvalue weighted by Crippen LogP contribution is 2.17. The van der Waals surface area contributed by atoms with Crippen LogP contribution >= 0.6 is 11.6 Å². The van der Waals surface area contributed by atoms with Gasteiger partial charge in [-0.25, -0.2) is 4.39 Å². The molecule has 0 radical (unpaired) electrons. The first-order valence-electron chi connectivity index (χ1n) is 8.72. The van der Waals surface area contributed by atoms with Crippen molar-refractivity contribution in [1.82, 2.24) is 20.4 Å². The molecule has 7 heteroatoms. The molecule has 0 fully saturated rings. The van der Waals surface area contributed by atoms with E-state index in [9.17, 15) is 4.39 Å². The number of rotatable bonds is 6. The highest BCUT2D eigenvalue weighted by Gasteiger charge is 2.14. The molecular formula is C19H27ClFN5. The maximum Gasteiger partial charge on any atom is 0.191 e. The summed E-state index contributed by atoms with van der Waals surface area (Å²) in [4.78, 5) is 4.27. The van der Waals surface area contributed by atoms with Gasteiger partial charge in [0.1, 0.15) is 5.82 Å². The zero-order valence-corrected chi connectivity index (χ0v) is 16.8. The van der Waals surface area contributed by atoms with Crippen molar-refractivity contribution in [2.75, 3.05) is 13.6 Å². The Morgan fingerprint density at radius 2 is 2.12 bits per heavy atom. The van der Waals surface area contributed by atoms with Crippen LogP contribution in [0.15, 0.2) is 23.2 Å². The summed E-state index contributed by atoms with van der Waals surface area (Å²) in [5, 5.41) is 11.6. The highest BCUT2D eigenvalue weighted by molar-refractivity contribution is 6.31. The van der Waals surface area contributed by atoms with Gasteiger partial charge in [-0.1, -0.05) is 17.7 Å². The summed E-state index contributed by atoms with van der Waals surface area (Å²) >= 11 is 6.06. The number of halogens is 2. The Bertz CT molecular complexity index is 784. The predicted molar refractivity (Wildman–Crippen MR) is 105 cm³/mol. The predicted octanol–water partition coefficient (Wildman–Crippen LogP) is 3.17. The second-order valence-corrected chi connectivity index (χ2v) is 6.91. The molecule has 0 bridgehead atoms. The number of aryl methyl sites for hydroxylation is 2. The molecule has 2 aromatic rings. The summed E-state index contributed by atoms with van der Waals surface area (Å²) < 4.78 is 15.0. The normalized spacial score (nSPS) is 13.0. The Morgan fingerprint density at radius 3 is 2.69 bits per heavy atom. The zero-order valence-electron chi connectivity index (χ0n) is 16.0. The lowest BCUT2D eigenvalue weighted by Crippen LogP contribution is -2.43. The van der Waals surface area contributed by atoms with Gasteiger partial charge in [0.25, 0.3) is 0 Å². The molecule has 0 spiro atoms. The molecule has 5 nitrogen and oxygen atoms in total. The van der Waals surface area contributed by atoms with E-state index in [4.69, 9.17) is 11.6 Å². The molecule has 0 saturated carbocycles. The van der Waals surface area contributed by atoms with E-state index in [0.717, 1.165) is 23.6 Å². The minimum Gasteiger partial charge on any atom is -0.356 e. The van der Waals surface area contributed by atoms with Crippen molar-refractivity contribution in [3.63, 3.8) is 0 Å². The maximum atomic E-state index is 13.1. The average Bonchev–Trinajstić information content (AvgIpc) is 2.82. The molecule has 0 aliphatic rings. The molecule has 26 heavy (non-hydrogen) atoms. The third kappa shape index (κ3) is 5.21. The number of aromatic nitrogens is 2. The van der Waals surface area contributed by atoms with E-state index in [-0.39, 0.29) is 11.9 Å². The van der Waals surface area contributed by atoms with Crippen molar-refractivity contribution in [3.05, 3.63) is 51.6 Å². The van der Waals surface area contributed by atoms with Gasteiger partial charge in [0.2, 0.25) is 0 Å². The number of hydrogen-bond donors (Lipinski definition) is 2. The number of aliphatic imine (C=N–C) groups is 1. The summed E-state index contributed by atoms with van der Waals surface area (Å²) in [5.74, 6) is 0.411. The van der Waals surface area contributed by atoms with Gasteiger partial charge in [-0.05, 0) is 56.9 Å². The fourth-order valence-corrected chi connectivity index (χ4v) is 3.20. The highest BCUT2D eigenvalue weighted by atomic mass is 35.5. The van der Waals surface area contributed by atoms with Gasteiger partial charge in [0, 0.05) is 37.4 Å². The first-order chi connectivity index (χ1) is 12.3. The average molecular weight is 380 g/mol. The van der Waals surface area contributed by atoms with Crippen LogP contribution < -0.4 is 10.6 Å². The minimum absolute atomic E-state index is 0.206. The quantitative estimate of drug-likeness (QED) is 0.598. The van der Waals surface area contributed by atoms with Gasteiger partial charge in [-0.2, -0.15) is 5.10 Å². The first kappa shape index (κ1) is 20.2. The van der Waals surface area contributed by atoms with E-state index in [1.165, 1.54) is 23.4 Å². The maximum absolute atomic E-state index is 13.1. The monoisotopic (exact) mass is 379 g/mol. The van der Waals surface area contributed by atoms with Crippen molar-refractivity contribution in [3.8, 4) is 0 Å². The molecule has 1 heterocycles. The Morgan fingerprint density at radius 1 is 1.38 bits per heavy atom. The third-order valence-electron chi connectivity index (χ3n) is 4.48. The standard InChI is InChI=1S/C19H27ClFN5/c1-12(10-17-13(2)25-26(5)14(17)3)24-19(22-4)23-9-8-15-6-7-16(21)11-18(15)20/h6-7,11-12H,8-10H2,1-5H3,(H2,22,23,24). The SMILES string of the molecule is CN=C(NCCc1ccc(F)cc1Cl)NC(C)Cc1c(C)nn(C)c1C. The van der Waals surface area contributed by atoms with Crippen LogP contribution in [0.1, 0.15) is 29.4 Å². The topological polar surface area (TPSA) is 54.2 Å². The fraction of sp³-hybridized carbons (Fsp3) is 0.474. The van der Waals surface area contributed by atoms with Crippen LogP contribution in [-0.2, 0) is 19.9 Å². The molecule has 1 aromatic heterocycles. The van der Waals surface area contributed by atoms with Crippen molar-refractivity contribution < 1.29 is 4.39 Å². The second-order valence-electron chi connectivity index (χ2n) is 6.51. The zero-order chi connectivity index (χ0) is 19.3. The number of nitrogens with zero attached hydrogens (tertiary/aromatic N) is 3. The van der Waals surface area contributed by atoms with Crippen LogP contribution in [0.4, 0.5) is 4.39 Å². The summed E-state index contributed by atoms with van der Waals surface area (Å²) in [6, 6.07) is 4.68. The molecule has 0 saturated heterocycles. The van der Waals surface area contributed by atoms with Crippen LogP contribution in [0.2, 0.25) is 5.02 Å². The molecule has 1 aromatic carbocycles. The van der Waals surface area contributed by atoms with Crippen molar-refractivity contribution in [2.24, 2.45) is 12.0 Å². The van der Waals surface area contributed by atoms with Crippen molar-refractivity contribution in [1.29, 1.82) is 0 Å². The van der Waals surface area contributed by atoms with Crippen LogP contribution in [0.25, 0.3) is 0 Å².